The molecular formula is C18H22N2OS. The van der Waals surface area contributed by atoms with Gasteiger partial charge < -0.3 is 5.73 Å². The summed E-state index contributed by atoms with van der Waals surface area (Å²) in [6.07, 6.45) is 3.99. The molecule has 0 bridgehead atoms. The second kappa shape index (κ2) is 6.63. The molecular weight excluding hydrogens is 292 g/mol. The molecule has 2 aromatic rings. The molecule has 1 fully saturated rings. The first-order valence-electron chi connectivity index (χ1n) is 7.89. The Morgan fingerprint density at radius 2 is 1.77 bits per heavy atom. The van der Waals surface area contributed by atoms with Crippen LogP contribution >= 0.6 is 11.3 Å². The molecule has 1 atom stereocenters. The maximum atomic E-state index is 11.2. The van der Waals surface area contributed by atoms with Gasteiger partial charge in [-0.2, -0.15) is 0 Å². The van der Waals surface area contributed by atoms with Gasteiger partial charge in [0.05, 0.1) is 4.88 Å². The Bertz CT molecular complexity index is 641. The Labute approximate surface area is 135 Å². The van der Waals surface area contributed by atoms with Crippen LogP contribution in [0.4, 0.5) is 0 Å². The van der Waals surface area contributed by atoms with Gasteiger partial charge in [0.15, 0.2) is 0 Å². The average Bonchev–Trinajstić information content (AvgIpc) is 3.05. The third-order valence-corrected chi connectivity index (χ3v) is 5.61. The zero-order chi connectivity index (χ0) is 15.5. The van der Waals surface area contributed by atoms with E-state index in [9.17, 15) is 4.79 Å². The summed E-state index contributed by atoms with van der Waals surface area (Å²) in [5.41, 5.74) is 7.82. The highest BCUT2D eigenvalue weighted by Crippen LogP contribution is 2.30. The molecule has 1 aromatic heterocycles. The van der Waals surface area contributed by atoms with Crippen LogP contribution in [0.25, 0.3) is 10.4 Å². The number of nitrogens with two attached hydrogens (primary N) is 1. The molecule has 0 radical (unpaired) electrons. The lowest BCUT2D eigenvalue weighted by atomic mass is 10.0. The summed E-state index contributed by atoms with van der Waals surface area (Å²) in [6, 6.07) is 12.9. The van der Waals surface area contributed by atoms with E-state index in [1.54, 1.807) is 6.07 Å². The van der Waals surface area contributed by atoms with E-state index < -0.39 is 0 Å². The first kappa shape index (κ1) is 15.3. The van der Waals surface area contributed by atoms with Crippen molar-refractivity contribution in [1.82, 2.24) is 4.90 Å². The van der Waals surface area contributed by atoms with Gasteiger partial charge in [0.2, 0.25) is 0 Å². The van der Waals surface area contributed by atoms with Crippen LogP contribution < -0.4 is 5.73 Å². The van der Waals surface area contributed by atoms with Crippen LogP contribution in [-0.4, -0.2) is 23.9 Å². The van der Waals surface area contributed by atoms with Crippen LogP contribution in [0.2, 0.25) is 0 Å². The number of hydrogen-bond acceptors (Lipinski definition) is 3. The number of piperidine rings is 1. The highest BCUT2D eigenvalue weighted by molar-refractivity contribution is 7.17. The number of benzene rings is 1. The summed E-state index contributed by atoms with van der Waals surface area (Å²) in [4.78, 5) is 15.5. The SMILES string of the molecule is CC(c1ccc(-c2ccc(C(N)=O)s2)cc1)N1CCCCC1. The van der Waals surface area contributed by atoms with Crippen molar-refractivity contribution >= 4 is 17.2 Å². The number of hydrogen-bond donors (Lipinski definition) is 1. The summed E-state index contributed by atoms with van der Waals surface area (Å²) in [5, 5.41) is 0. The average molecular weight is 314 g/mol. The predicted molar refractivity (Wildman–Crippen MR) is 92.1 cm³/mol. The van der Waals surface area contributed by atoms with E-state index in [-0.39, 0.29) is 5.91 Å². The van der Waals surface area contributed by atoms with E-state index in [4.69, 9.17) is 5.73 Å². The molecule has 1 saturated heterocycles. The molecule has 2 N–H and O–H groups in total. The molecule has 116 valence electrons. The van der Waals surface area contributed by atoms with Crippen molar-refractivity contribution in [2.75, 3.05) is 13.1 Å². The van der Waals surface area contributed by atoms with E-state index in [1.165, 1.54) is 49.3 Å². The summed E-state index contributed by atoms with van der Waals surface area (Å²) in [7, 11) is 0. The topological polar surface area (TPSA) is 46.3 Å². The highest BCUT2D eigenvalue weighted by Gasteiger charge is 2.18. The minimum atomic E-state index is -0.355. The van der Waals surface area contributed by atoms with Crippen LogP contribution in [0, 0.1) is 0 Å². The number of carbonyl (C=O) groups excluding carboxylic acids is 1. The standard InChI is InChI=1S/C18H22N2OS/c1-13(20-11-3-2-4-12-20)14-5-7-15(8-6-14)16-9-10-17(22-16)18(19)21/h5-10,13H,2-4,11-12H2,1H3,(H2,19,21). The smallest absolute Gasteiger partial charge is 0.258 e. The van der Waals surface area contributed by atoms with Gasteiger partial charge in [-0.3, -0.25) is 9.69 Å². The van der Waals surface area contributed by atoms with Crippen molar-refractivity contribution in [1.29, 1.82) is 0 Å². The van der Waals surface area contributed by atoms with Crippen LogP contribution in [0.3, 0.4) is 0 Å². The molecule has 1 aliphatic heterocycles. The quantitative estimate of drug-likeness (QED) is 0.925. The molecule has 1 aliphatic rings. The van der Waals surface area contributed by atoms with Crippen molar-refractivity contribution in [3.63, 3.8) is 0 Å². The summed E-state index contributed by atoms with van der Waals surface area (Å²) in [5.74, 6) is -0.355. The number of primary amides is 1. The minimum absolute atomic E-state index is 0.355. The summed E-state index contributed by atoms with van der Waals surface area (Å²) < 4.78 is 0. The third-order valence-electron chi connectivity index (χ3n) is 4.46. The lowest BCUT2D eigenvalue weighted by Gasteiger charge is -2.32. The van der Waals surface area contributed by atoms with Crippen molar-refractivity contribution in [2.24, 2.45) is 5.73 Å². The number of thiophene rings is 1. The van der Waals surface area contributed by atoms with Crippen LogP contribution in [0.15, 0.2) is 36.4 Å². The Hall–Kier alpha value is -1.65. The van der Waals surface area contributed by atoms with E-state index in [2.05, 4.69) is 36.1 Å². The fraction of sp³-hybridized carbons (Fsp3) is 0.389. The van der Waals surface area contributed by atoms with E-state index in [0.29, 0.717) is 10.9 Å². The normalized spacial score (nSPS) is 17.3. The van der Waals surface area contributed by atoms with E-state index in [1.807, 2.05) is 6.07 Å². The Morgan fingerprint density at radius 3 is 2.36 bits per heavy atom. The maximum Gasteiger partial charge on any atom is 0.258 e. The minimum Gasteiger partial charge on any atom is -0.365 e. The second-order valence-corrected chi connectivity index (χ2v) is 7.01. The van der Waals surface area contributed by atoms with Gasteiger partial charge in [-0.25, -0.2) is 0 Å². The molecule has 1 unspecified atom stereocenters. The fourth-order valence-corrected chi connectivity index (χ4v) is 3.93. The Morgan fingerprint density at radius 1 is 1.09 bits per heavy atom. The summed E-state index contributed by atoms with van der Waals surface area (Å²) in [6.45, 7) is 4.70. The molecule has 0 spiro atoms. The number of rotatable bonds is 4. The number of likely N-dealkylation sites (tertiary alicyclic amines) is 1. The molecule has 1 amide bonds. The zero-order valence-corrected chi connectivity index (χ0v) is 13.7. The lowest BCUT2D eigenvalue weighted by Crippen LogP contribution is -2.32. The molecule has 4 heteroatoms. The van der Waals surface area contributed by atoms with Crippen molar-refractivity contribution in [2.45, 2.75) is 32.2 Å². The van der Waals surface area contributed by atoms with Gasteiger partial charge in [-0.1, -0.05) is 30.7 Å². The molecule has 3 rings (SSSR count). The molecule has 0 saturated carbocycles. The van der Waals surface area contributed by atoms with Gasteiger partial charge in [-0.15, -0.1) is 11.3 Å². The molecule has 22 heavy (non-hydrogen) atoms. The van der Waals surface area contributed by atoms with E-state index >= 15 is 0 Å². The van der Waals surface area contributed by atoms with Crippen molar-refractivity contribution in [3.8, 4) is 10.4 Å². The number of nitrogens with zero attached hydrogens (tertiary/aromatic N) is 1. The summed E-state index contributed by atoms with van der Waals surface area (Å²) >= 11 is 1.45. The van der Waals surface area contributed by atoms with Gasteiger partial charge in [0.25, 0.3) is 5.91 Å². The molecule has 1 aromatic carbocycles. The van der Waals surface area contributed by atoms with Gasteiger partial charge in [0.1, 0.15) is 0 Å². The second-order valence-electron chi connectivity index (χ2n) is 5.92. The monoisotopic (exact) mass is 314 g/mol. The number of carbonyl (C=O) groups is 1. The first-order valence-corrected chi connectivity index (χ1v) is 8.71. The molecule has 3 nitrogen and oxygen atoms in total. The van der Waals surface area contributed by atoms with Crippen LogP contribution in [-0.2, 0) is 0 Å². The number of amides is 1. The van der Waals surface area contributed by atoms with Crippen molar-refractivity contribution in [3.05, 3.63) is 46.8 Å². The molecule has 2 heterocycles. The predicted octanol–water partition coefficient (Wildman–Crippen LogP) is 4.06. The van der Waals surface area contributed by atoms with Gasteiger partial charge in [0, 0.05) is 10.9 Å². The highest BCUT2D eigenvalue weighted by atomic mass is 32.1. The Balaban J connectivity index is 1.75. The molecule has 0 aliphatic carbocycles. The lowest BCUT2D eigenvalue weighted by molar-refractivity contribution is 0.100. The zero-order valence-electron chi connectivity index (χ0n) is 12.9. The van der Waals surface area contributed by atoms with Gasteiger partial charge >= 0.3 is 0 Å². The first-order chi connectivity index (χ1) is 10.6. The van der Waals surface area contributed by atoms with Crippen LogP contribution in [0.1, 0.15) is 47.5 Å². The third kappa shape index (κ3) is 3.23. The van der Waals surface area contributed by atoms with Gasteiger partial charge in [-0.05, 0) is 56.1 Å². The van der Waals surface area contributed by atoms with Crippen molar-refractivity contribution < 1.29 is 4.79 Å². The maximum absolute atomic E-state index is 11.2. The Kier molecular flexibility index (Phi) is 4.60. The fourth-order valence-electron chi connectivity index (χ4n) is 3.07. The van der Waals surface area contributed by atoms with Crippen LogP contribution in [0.5, 0.6) is 0 Å². The largest absolute Gasteiger partial charge is 0.365 e. The van der Waals surface area contributed by atoms with E-state index in [0.717, 1.165) is 10.4 Å².